The molecule has 3 aliphatic rings. The van der Waals surface area contributed by atoms with Crippen LogP contribution in [0.2, 0.25) is 0 Å². The number of hydrogen-bond acceptors (Lipinski definition) is 7. The van der Waals surface area contributed by atoms with Crippen LogP contribution in [0.3, 0.4) is 0 Å². The average molecular weight is 513 g/mol. The van der Waals surface area contributed by atoms with Crippen LogP contribution in [0, 0.1) is 5.92 Å². The first-order valence-electron chi connectivity index (χ1n) is 12.4. The van der Waals surface area contributed by atoms with Gasteiger partial charge in [-0.05, 0) is 55.4 Å². The molecule has 1 aromatic heterocycles. The molecule has 2 aromatic rings. The van der Waals surface area contributed by atoms with Gasteiger partial charge in [0.2, 0.25) is 10.0 Å². The van der Waals surface area contributed by atoms with E-state index in [1.54, 1.807) is 18.0 Å². The van der Waals surface area contributed by atoms with Gasteiger partial charge in [0, 0.05) is 39.6 Å². The number of hydrogen-bond donors (Lipinski definition) is 1. The summed E-state index contributed by atoms with van der Waals surface area (Å²) in [6.07, 6.45) is 5.01. The number of amides is 1. The zero-order valence-corrected chi connectivity index (χ0v) is 21.7. The van der Waals surface area contributed by atoms with Crippen molar-refractivity contribution in [2.24, 2.45) is 5.92 Å². The van der Waals surface area contributed by atoms with Gasteiger partial charge in [0.15, 0.2) is 0 Å². The number of nitrogens with zero attached hydrogens (tertiary/aromatic N) is 3. The number of rotatable bonds is 8. The number of carbonyl (C=O) groups excluding carboxylic acids is 2. The highest BCUT2D eigenvalue weighted by Crippen LogP contribution is 2.38. The molecule has 1 aliphatic carbocycles. The molecule has 0 spiro atoms. The maximum absolute atomic E-state index is 13.0. The summed E-state index contributed by atoms with van der Waals surface area (Å²) in [5.74, 6) is 0.426. The first kappa shape index (κ1) is 24.7. The molecule has 1 N–H and O–H groups in total. The third-order valence-corrected chi connectivity index (χ3v) is 8.50. The molecule has 36 heavy (non-hydrogen) atoms. The molecule has 0 unspecified atom stereocenters. The van der Waals surface area contributed by atoms with Crippen molar-refractivity contribution in [2.45, 2.75) is 44.6 Å². The summed E-state index contributed by atoms with van der Waals surface area (Å²) in [4.78, 5) is 31.7. The fraction of sp³-hybridized carbons (Fsp3) is 0.500. The van der Waals surface area contributed by atoms with Crippen molar-refractivity contribution in [3.8, 4) is 0 Å². The van der Waals surface area contributed by atoms with E-state index in [0.717, 1.165) is 31.2 Å². The predicted octanol–water partition coefficient (Wildman–Crippen LogP) is 3.22. The lowest BCUT2D eigenvalue weighted by atomic mass is 9.91. The number of carbonyl (C=O) groups is 2. The van der Waals surface area contributed by atoms with Gasteiger partial charge >= 0.3 is 0 Å². The number of Topliss-reactive ketones (excluding diaryl/α,β-unsaturated/α-hetero) is 1. The number of benzene rings is 1. The Balaban J connectivity index is 1.55. The molecular formula is C26H32N4O5S. The van der Waals surface area contributed by atoms with Crippen molar-refractivity contribution < 1.29 is 22.7 Å². The van der Waals surface area contributed by atoms with E-state index in [0.29, 0.717) is 59.7 Å². The van der Waals surface area contributed by atoms with E-state index >= 15 is 0 Å². The van der Waals surface area contributed by atoms with Gasteiger partial charge in [-0.25, -0.2) is 8.42 Å². The third-order valence-electron chi connectivity index (χ3n) is 7.30. The van der Waals surface area contributed by atoms with Gasteiger partial charge in [-0.1, -0.05) is 6.07 Å². The second-order valence-corrected chi connectivity index (χ2v) is 12.1. The summed E-state index contributed by atoms with van der Waals surface area (Å²) in [5, 5.41) is 3.34. The lowest BCUT2D eigenvalue weighted by molar-refractivity contribution is -0.119. The first-order valence-corrected chi connectivity index (χ1v) is 14.2. The Morgan fingerprint density at radius 1 is 1.17 bits per heavy atom. The van der Waals surface area contributed by atoms with E-state index in [1.165, 1.54) is 17.6 Å². The van der Waals surface area contributed by atoms with E-state index in [-0.39, 0.29) is 24.0 Å². The molecular weight excluding hydrogens is 480 g/mol. The topological polar surface area (TPSA) is 109 Å². The summed E-state index contributed by atoms with van der Waals surface area (Å²) in [5.41, 5.74) is 4.36. The van der Waals surface area contributed by atoms with Crippen LogP contribution in [0.5, 0.6) is 0 Å². The van der Waals surface area contributed by atoms with Crippen LogP contribution in [0.25, 0.3) is 0 Å². The van der Waals surface area contributed by atoms with Gasteiger partial charge in [0.25, 0.3) is 5.91 Å². The van der Waals surface area contributed by atoms with Crippen LogP contribution in [0.15, 0.2) is 24.3 Å². The third kappa shape index (κ3) is 4.97. The van der Waals surface area contributed by atoms with Crippen molar-refractivity contribution in [3.63, 3.8) is 0 Å². The molecule has 9 nitrogen and oxygen atoms in total. The molecule has 0 bridgehead atoms. The number of pyridine rings is 1. The fourth-order valence-electron chi connectivity index (χ4n) is 4.94. The summed E-state index contributed by atoms with van der Waals surface area (Å²) < 4.78 is 31.8. The molecule has 2 aliphatic heterocycles. The highest BCUT2D eigenvalue weighted by atomic mass is 32.2. The molecule has 1 amide bonds. The highest BCUT2D eigenvalue weighted by Gasteiger charge is 2.33. The standard InChI is InChI=1S/C26H32N4O5S/c1-29-15-22-25(26(29)32)21(13-19(27-22)14-24(31)17-4-5-17)28-20-7-6-18(16-8-10-35-11-9-16)12-23(20)30(2)36(3,33)34/h6-7,12-13,16-17H,4-5,8-11,14-15H2,1-3H3,(H,27,28). The van der Waals surface area contributed by atoms with Crippen LogP contribution in [0.4, 0.5) is 17.1 Å². The molecule has 1 saturated heterocycles. The second kappa shape index (κ2) is 9.48. The predicted molar refractivity (Wildman–Crippen MR) is 137 cm³/mol. The Bertz CT molecular complexity index is 1320. The van der Waals surface area contributed by atoms with Gasteiger partial charge in [-0.3, -0.25) is 18.9 Å². The Morgan fingerprint density at radius 2 is 1.89 bits per heavy atom. The average Bonchev–Trinajstić information content (AvgIpc) is 3.65. The van der Waals surface area contributed by atoms with E-state index in [1.807, 2.05) is 18.2 Å². The van der Waals surface area contributed by atoms with E-state index < -0.39 is 10.0 Å². The largest absolute Gasteiger partial charge is 0.381 e. The Labute approximate surface area is 211 Å². The second-order valence-electron chi connectivity index (χ2n) is 10.1. The van der Waals surface area contributed by atoms with Crippen LogP contribution in [0.1, 0.15) is 58.9 Å². The number of anilines is 3. The van der Waals surface area contributed by atoms with E-state index in [2.05, 4.69) is 10.3 Å². The van der Waals surface area contributed by atoms with E-state index in [4.69, 9.17) is 4.74 Å². The zero-order chi connectivity index (χ0) is 25.6. The minimum Gasteiger partial charge on any atom is -0.381 e. The van der Waals surface area contributed by atoms with Gasteiger partial charge < -0.3 is 15.0 Å². The molecule has 3 heterocycles. The summed E-state index contributed by atoms with van der Waals surface area (Å²) in [7, 11) is -0.296. The molecule has 2 fully saturated rings. The van der Waals surface area contributed by atoms with Crippen molar-refractivity contribution >= 4 is 38.8 Å². The zero-order valence-electron chi connectivity index (χ0n) is 20.9. The van der Waals surface area contributed by atoms with Gasteiger partial charge in [-0.15, -0.1) is 0 Å². The summed E-state index contributed by atoms with van der Waals surface area (Å²) in [6, 6.07) is 7.54. The Morgan fingerprint density at radius 3 is 2.56 bits per heavy atom. The van der Waals surface area contributed by atoms with Crippen LogP contribution in [-0.4, -0.2) is 63.6 Å². The first-order chi connectivity index (χ1) is 17.1. The van der Waals surface area contributed by atoms with Crippen molar-refractivity contribution in [3.05, 3.63) is 46.8 Å². The number of nitrogens with one attached hydrogen (secondary N) is 1. The summed E-state index contributed by atoms with van der Waals surface area (Å²) >= 11 is 0. The van der Waals surface area contributed by atoms with Crippen molar-refractivity contribution in [2.75, 3.05) is 43.2 Å². The number of fused-ring (bicyclic) bond motifs is 1. The molecule has 0 atom stereocenters. The van der Waals surface area contributed by atoms with Crippen LogP contribution < -0.4 is 9.62 Å². The Kier molecular flexibility index (Phi) is 6.50. The lowest BCUT2D eigenvalue weighted by Gasteiger charge is -2.26. The minimum atomic E-state index is -3.54. The molecule has 192 valence electrons. The maximum atomic E-state index is 13.0. The molecule has 1 saturated carbocycles. The number of aromatic nitrogens is 1. The maximum Gasteiger partial charge on any atom is 0.257 e. The lowest BCUT2D eigenvalue weighted by Crippen LogP contribution is -2.26. The summed E-state index contributed by atoms with van der Waals surface area (Å²) in [6.45, 7) is 1.74. The van der Waals surface area contributed by atoms with Gasteiger partial charge in [-0.2, -0.15) is 0 Å². The molecule has 0 radical (unpaired) electrons. The number of ether oxygens (including phenoxy) is 1. The molecule has 5 rings (SSSR count). The van der Waals surface area contributed by atoms with Crippen molar-refractivity contribution in [1.82, 2.24) is 9.88 Å². The fourth-order valence-corrected chi connectivity index (χ4v) is 5.45. The number of ketones is 1. The quantitative estimate of drug-likeness (QED) is 0.578. The Hall–Kier alpha value is -2.98. The smallest absolute Gasteiger partial charge is 0.257 e. The minimum absolute atomic E-state index is 0.119. The molecule has 1 aromatic carbocycles. The SMILES string of the molecule is CN1Cc2nc(CC(=O)C3CC3)cc(Nc3ccc(C4CCOCC4)cc3N(C)S(C)(=O)=O)c2C1=O. The van der Waals surface area contributed by atoms with Crippen molar-refractivity contribution in [1.29, 1.82) is 0 Å². The molecule has 10 heteroatoms. The monoisotopic (exact) mass is 512 g/mol. The van der Waals surface area contributed by atoms with Crippen LogP contribution in [-0.2, 0) is 32.5 Å². The normalized spacial score (nSPS) is 18.3. The van der Waals surface area contributed by atoms with Crippen LogP contribution >= 0.6 is 0 Å². The van der Waals surface area contributed by atoms with E-state index in [9.17, 15) is 18.0 Å². The number of sulfonamides is 1. The highest BCUT2D eigenvalue weighted by molar-refractivity contribution is 7.92. The van der Waals surface area contributed by atoms with Gasteiger partial charge in [0.1, 0.15) is 5.78 Å². The van der Waals surface area contributed by atoms with Gasteiger partial charge in [0.05, 0.1) is 46.8 Å².